The first-order valence-electron chi connectivity index (χ1n) is 28.1. The van der Waals surface area contributed by atoms with Gasteiger partial charge in [-0.1, -0.05) is 18.2 Å². The van der Waals surface area contributed by atoms with Crippen molar-refractivity contribution >= 4 is 99.8 Å². The zero-order valence-electron chi connectivity index (χ0n) is 49.1. The summed E-state index contributed by atoms with van der Waals surface area (Å²) in [5, 5.41) is 82.8. The fourth-order valence-corrected chi connectivity index (χ4v) is 8.60. The summed E-state index contributed by atoms with van der Waals surface area (Å²) >= 11 is 0. The van der Waals surface area contributed by atoms with Crippen LogP contribution in [-0.4, -0.2) is 195 Å². The van der Waals surface area contributed by atoms with Crippen LogP contribution >= 0.6 is 0 Å². The molecule has 2 heterocycles. The Morgan fingerprint density at radius 3 is 1.37 bits per heavy atom. The van der Waals surface area contributed by atoms with Gasteiger partial charge in [-0.05, 0) is 69.9 Å². The number of amides is 9. The minimum Gasteiger partial charge on any atom is -0.481 e. The topological polar surface area (TPSA) is 629 Å². The molecule has 1 aromatic carbocycles. The van der Waals surface area contributed by atoms with E-state index in [1.165, 1.54) is 19.4 Å². The van der Waals surface area contributed by atoms with Gasteiger partial charge in [-0.3, -0.25) is 69.6 Å². The Morgan fingerprint density at radius 2 is 0.933 bits per heavy atom. The summed E-state index contributed by atoms with van der Waals surface area (Å²) in [5.41, 5.74) is 23.2. The molecule has 0 radical (unpaired) electrons. The van der Waals surface area contributed by atoms with Gasteiger partial charge in [0.05, 0.1) is 25.0 Å². The van der Waals surface area contributed by atoms with E-state index in [2.05, 4.69) is 84.1 Å². The maximum Gasteiger partial charge on any atom is 0.326 e. The fraction of sp³-hybridized carbons (Fsp3) is 0.500. The molecule has 29 N–H and O–H groups in total. The van der Waals surface area contributed by atoms with Crippen LogP contribution in [-0.2, 0) is 65.6 Å². The largest absolute Gasteiger partial charge is 0.481 e. The van der Waals surface area contributed by atoms with Crippen LogP contribution < -0.4 is 92.1 Å². The number of H-pyrrole nitrogens is 2. The minimum atomic E-state index is -1.71. The maximum absolute atomic E-state index is 14.9. The van der Waals surface area contributed by atoms with Gasteiger partial charge in [0, 0.05) is 69.2 Å². The molecular weight excluding hydrogens is 1170 g/mol. The van der Waals surface area contributed by atoms with E-state index in [1.54, 1.807) is 30.5 Å². The first kappa shape index (κ1) is 72.5. The van der Waals surface area contributed by atoms with Crippen molar-refractivity contribution in [3.05, 3.63) is 54.2 Å². The summed E-state index contributed by atoms with van der Waals surface area (Å²) in [7, 11) is 0. The van der Waals surface area contributed by atoms with Crippen molar-refractivity contribution in [2.75, 3.05) is 32.7 Å². The zero-order valence-corrected chi connectivity index (χ0v) is 49.1. The molecule has 0 unspecified atom stereocenters. The predicted molar refractivity (Wildman–Crippen MR) is 321 cm³/mol. The SMILES string of the molecule is CC(=O)NCC(=O)N[C@@H](CC(=O)O)C(=O)N[C@@H](C)C(=O)N[C@@H](Cc1c[nH]cn1)C(=O)N[C@@H](Cc1c[nH]c2ccccc12)C(=O)N[C@@H](CCCNC(=N)N)C(=O)N[C@@H](CCCNC(=N)N)C(=O)N[C@@H](CCCNC(=N)N)C(=O)N[C@@H](CCCNC(=N)N)C(=O)O. The van der Waals surface area contributed by atoms with Gasteiger partial charge in [0.15, 0.2) is 23.8 Å². The molecule has 89 heavy (non-hydrogen) atoms. The van der Waals surface area contributed by atoms with Crippen molar-refractivity contribution in [1.29, 1.82) is 21.6 Å². The van der Waals surface area contributed by atoms with Crippen LogP contribution in [0.15, 0.2) is 43.0 Å². The lowest BCUT2D eigenvalue weighted by Crippen LogP contribution is -2.60. The molecule has 9 amide bonds. The molecule has 3 rings (SSSR count). The van der Waals surface area contributed by atoms with Crippen molar-refractivity contribution in [1.82, 2.24) is 84.1 Å². The van der Waals surface area contributed by atoms with Crippen molar-refractivity contribution in [3.63, 3.8) is 0 Å². The van der Waals surface area contributed by atoms with Gasteiger partial charge < -0.3 is 112 Å². The third-order valence-electron chi connectivity index (χ3n) is 13.1. The fourth-order valence-electron chi connectivity index (χ4n) is 8.60. The van der Waals surface area contributed by atoms with Crippen molar-refractivity contribution in [2.45, 2.75) is 133 Å². The third kappa shape index (κ3) is 27.9. The average molecular weight is 1250 g/mol. The van der Waals surface area contributed by atoms with E-state index in [-0.39, 0.29) is 108 Å². The molecule has 3 aromatic rings. The summed E-state index contributed by atoms with van der Waals surface area (Å²) in [4.78, 5) is 158. The van der Waals surface area contributed by atoms with Crippen LogP contribution in [0.1, 0.15) is 82.9 Å². The summed E-state index contributed by atoms with van der Waals surface area (Å²) < 4.78 is 0. The van der Waals surface area contributed by atoms with Crippen LogP contribution in [0, 0.1) is 21.6 Å². The number of hydrogen-bond donors (Lipinski definition) is 25. The molecule has 0 saturated carbocycles. The van der Waals surface area contributed by atoms with Gasteiger partial charge in [0.2, 0.25) is 53.2 Å². The Bertz CT molecular complexity index is 2970. The smallest absolute Gasteiger partial charge is 0.326 e. The second-order valence-corrected chi connectivity index (χ2v) is 20.3. The standard InChI is InChI=1S/C52H82N24O13/c1-26(69-45(85)38(21-40(79)80)70-39(78)24-66-27(2)77)41(81)75-37(20-29-23-61-25-68-29)47(87)76-36(19-28-22-67-31-10-4-3-9-30(28)31)46(86)73-33(12-6-16-63-50(55)56)43(83)71-32(11-5-15-62-49(53)54)42(82)72-34(13-7-17-64-51(57)58)44(84)74-35(48(88)89)14-8-18-65-52(59)60/h3-4,9-10,22-23,25-26,32-38,67H,5-8,11-21,24H2,1-2H3,(H,61,68)(H,66,77)(H,69,85)(H,70,78)(H,71,83)(H,72,82)(H,73,86)(H,74,84)(H,75,81)(H,76,87)(H,79,80)(H,88,89)(H4,53,54,62)(H4,55,56,63)(H4,57,58,64)(H4,59,60,65)/t26-,32-,33-,34-,35-,36-,37-,38-/m0/s1. The number of rotatable bonds is 40. The van der Waals surface area contributed by atoms with Gasteiger partial charge >= 0.3 is 11.9 Å². The molecule has 2 aromatic heterocycles. The van der Waals surface area contributed by atoms with E-state index >= 15 is 0 Å². The number of guanidine groups is 4. The highest BCUT2D eigenvalue weighted by atomic mass is 16.4. The van der Waals surface area contributed by atoms with Gasteiger partial charge in [0.1, 0.15) is 48.3 Å². The first-order valence-corrected chi connectivity index (χ1v) is 28.1. The van der Waals surface area contributed by atoms with E-state index in [0.29, 0.717) is 16.5 Å². The molecule has 0 bridgehead atoms. The van der Waals surface area contributed by atoms with E-state index in [0.717, 1.165) is 6.92 Å². The van der Waals surface area contributed by atoms with E-state index in [4.69, 9.17) is 44.6 Å². The summed E-state index contributed by atoms with van der Waals surface area (Å²) in [6.07, 6.45) is 2.54. The van der Waals surface area contributed by atoms with Crippen LogP contribution in [0.4, 0.5) is 0 Å². The molecular formula is C52H82N24O13. The van der Waals surface area contributed by atoms with E-state index in [1.807, 2.05) is 0 Å². The number of carbonyl (C=O) groups excluding carboxylic acids is 9. The maximum atomic E-state index is 14.9. The number of nitrogens with zero attached hydrogens (tertiary/aromatic N) is 1. The van der Waals surface area contributed by atoms with Crippen LogP contribution in [0.2, 0.25) is 0 Å². The Balaban J connectivity index is 2.04. The van der Waals surface area contributed by atoms with Crippen LogP contribution in [0.25, 0.3) is 10.9 Å². The Labute approximate surface area is 509 Å². The molecule has 0 saturated heterocycles. The second-order valence-electron chi connectivity index (χ2n) is 20.3. The summed E-state index contributed by atoms with van der Waals surface area (Å²) in [5.74, 6) is -12.9. The third-order valence-corrected chi connectivity index (χ3v) is 13.1. The lowest BCUT2D eigenvalue weighted by molar-refractivity contribution is -0.142. The van der Waals surface area contributed by atoms with Crippen molar-refractivity contribution in [2.24, 2.45) is 22.9 Å². The van der Waals surface area contributed by atoms with E-state index in [9.17, 15) is 63.0 Å². The molecule has 488 valence electrons. The Morgan fingerprint density at radius 1 is 0.517 bits per heavy atom. The van der Waals surface area contributed by atoms with Crippen LogP contribution in [0.3, 0.4) is 0 Å². The number of aliphatic carboxylic acids is 2. The highest BCUT2D eigenvalue weighted by Crippen LogP contribution is 2.20. The van der Waals surface area contributed by atoms with Gasteiger partial charge in [-0.2, -0.15) is 0 Å². The number of carboxylic acids is 2. The summed E-state index contributed by atoms with van der Waals surface area (Å²) in [6, 6.07) is -5.33. The number of nitrogens with two attached hydrogens (primary N) is 4. The average Bonchev–Trinajstić information content (AvgIpc) is 3.17. The van der Waals surface area contributed by atoms with E-state index < -0.39 is 138 Å². The molecule has 0 spiro atoms. The summed E-state index contributed by atoms with van der Waals surface area (Å²) in [6.45, 7) is 1.93. The number of fused-ring (bicyclic) bond motifs is 1. The predicted octanol–water partition coefficient (Wildman–Crippen LogP) is -6.68. The number of para-hydroxylation sites is 1. The lowest BCUT2D eigenvalue weighted by atomic mass is 10.0. The lowest BCUT2D eigenvalue weighted by Gasteiger charge is -2.28. The molecule has 37 heteroatoms. The number of benzene rings is 1. The highest BCUT2D eigenvalue weighted by molar-refractivity contribution is 5.99. The second kappa shape index (κ2) is 37.6. The number of carboxylic acid groups (broad SMARTS) is 2. The molecule has 8 atom stereocenters. The molecule has 0 fully saturated rings. The van der Waals surface area contributed by atoms with Crippen molar-refractivity contribution < 1.29 is 63.0 Å². The Hall–Kier alpha value is -10.8. The normalized spacial score (nSPS) is 13.5. The van der Waals surface area contributed by atoms with Gasteiger partial charge in [0.25, 0.3) is 0 Å². The monoisotopic (exact) mass is 1250 g/mol. The minimum absolute atomic E-state index is 0.00583. The number of aromatic amines is 2. The number of imidazole rings is 1. The van der Waals surface area contributed by atoms with Gasteiger partial charge in [-0.25, -0.2) is 9.78 Å². The molecule has 37 nitrogen and oxygen atoms in total. The zero-order chi connectivity index (χ0) is 66.2. The molecule has 0 aliphatic heterocycles. The van der Waals surface area contributed by atoms with Gasteiger partial charge in [-0.15, -0.1) is 0 Å². The quantitative estimate of drug-likeness (QED) is 0.0143. The number of nitrogens with one attached hydrogen (secondary N) is 19. The number of carbonyl (C=O) groups is 11. The first-order chi connectivity index (χ1) is 42.1. The number of hydrogen-bond acceptors (Lipinski definition) is 16. The van der Waals surface area contributed by atoms with Crippen molar-refractivity contribution in [3.8, 4) is 0 Å². The Kier molecular flexibility index (Phi) is 30.6. The molecule has 0 aliphatic carbocycles. The number of aromatic nitrogens is 3. The highest BCUT2D eigenvalue weighted by Gasteiger charge is 2.35. The molecule has 0 aliphatic rings. The van der Waals surface area contributed by atoms with Crippen LogP contribution in [0.5, 0.6) is 0 Å².